The van der Waals surface area contributed by atoms with Gasteiger partial charge in [-0.3, -0.25) is 13.9 Å². The molecule has 0 saturated heterocycles. The molecular weight excluding hydrogens is 467 g/mol. The Kier molecular flexibility index (Phi) is 5.83. The zero-order chi connectivity index (χ0) is 25.4. The van der Waals surface area contributed by atoms with Gasteiger partial charge in [-0.1, -0.05) is 37.3 Å². The number of imidazole rings is 1. The quantitative estimate of drug-likeness (QED) is 0.318. The zero-order valence-electron chi connectivity index (χ0n) is 19.4. The third-order valence-corrected chi connectivity index (χ3v) is 5.84. The van der Waals surface area contributed by atoms with Crippen LogP contribution in [-0.4, -0.2) is 25.1 Å². The largest absolute Gasteiger partial charge is 0.417 e. The number of rotatable bonds is 5. The number of benzene rings is 2. The van der Waals surface area contributed by atoms with E-state index in [0.717, 1.165) is 17.2 Å². The first-order valence-corrected chi connectivity index (χ1v) is 11.1. The minimum Gasteiger partial charge on any atom is -0.306 e. The van der Waals surface area contributed by atoms with Crippen molar-refractivity contribution in [2.75, 3.05) is 5.32 Å². The molecule has 0 aliphatic rings. The van der Waals surface area contributed by atoms with Gasteiger partial charge in [0.25, 0.3) is 5.91 Å². The van der Waals surface area contributed by atoms with E-state index in [1.807, 2.05) is 55.8 Å². The van der Waals surface area contributed by atoms with E-state index in [1.54, 1.807) is 23.8 Å². The van der Waals surface area contributed by atoms with Crippen LogP contribution in [0.15, 0.2) is 79.1 Å². The van der Waals surface area contributed by atoms with Crippen molar-refractivity contribution in [3.05, 3.63) is 102 Å². The van der Waals surface area contributed by atoms with E-state index in [-0.39, 0.29) is 16.8 Å². The highest BCUT2D eigenvalue weighted by molar-refractivity contribution is 6.06. The van der Waals surface area contributed by atoms with Gasteiger partial charge in [0.2, 0.25) is 0 Å². The summed E-state index contributed by atoms with van der Waals surface area (Å²) in [5.74, 6) is -0.144. The average molecular weight is 488 g/mol. The van der Waals surface area contributed by atoms with Crippen molar-refractivity contribution in [2.24, 2.45) is 7.05 Å². The number of fused-ring (bicyclic) bond motifs is 1. The molecule has 6 nitrogen and oxygen atoms in total. The molecule has 0 fully saturated rings. The van der Waals surface area contributed by atoms with Crippen molar-refractivity contribution in [3.8, 4) is 22.5 Å². The zero-order valence-corrected chi connectivity index (χ0v) is 19.4. The Bertz CT molecular complexity index is 1570. The third-order valence-electron chi connectivity index (χ3n) is 5.84. The first-order chi connectivity index (χ1) is 17.2. The van der Waals surface area contributed by atoms with Crippen molar-refractivity contribution in [2.45, 2.75) is 13.1 Å². The lowest BCUT2D eigenvalue weighted by molar-refractivity contribution is -0.137. The van der Waals surface area contributed by atoms with Gasteiger partial charge < -0.3 is 5.32 Å². The monoisotopic (exact) mass is 488 g/mol. The summed E-state index contributed by atoms with van der Waals surface area (Å²) in [6.45, 7) is 1.92. The minimum atomic E-state index is -4.60. The van der Waals surface area contributed by atoms with Gasteiger partial charge in [0.05, 0.1) is 11.3 Å². The second-order valence-electron chi connectivity index (χ2n) is 8.24. The number of nitrogens with zero attached hydrogens (tertiary/aromatic N) is 4. The van der Waals surface area contributed by atoms with E-state index in [0.29, 0.717) is 17.2 Å². The topological polar surface area (TPSA) is 64.2 Å². The number of alkyl halides is 3. The van der Waals surface area contributed by atoms with Crippen LogP contribution >= 0.6 is 0 Å². The maximum absolute atomic E-state index is 13.7. The Morgan fingerprint density at radius 3 is 2.44 bits per heavy atom. The van der Waals surface area contributed by atoms with Crippen LogP contribution < -0.4 is 5.32 Å². The van der Waals surface area contributed by atoms with Crippen molar-refractivity contribution in [1.82, 2.24) is 19.2 Å². The van der Waals surface area contributed by atoms with Gasteiger partial charge in [0.1, 0.15) is 17.2 Å². The maximum atomic E-state index is 13.7. The molecule has 2 aromatic carbocycles. The number of nitrogens with one attached hydrogen (secondary N) is 1. The number of aromatic nitrogens is 4. The van der Waals surface area contributed by atoms with Crippen LogP contribution in [0, 0.1) is 6.42 Å². The summed E-state index contributed by atoms with van der Waals surface area (Å²) in [6.07, 6.45) is 0.690. The molecule has 0 saturated carbocycles. The summed E-state index contributed by atoms with van der Waals surface area (Å²) in [4.78, 5) is 18.1. The summed E-state index contributed by atoms with van der Waals surface area (Å²) >= 11 is 0. The number of aryl methyl sites for hydroxylation is 1. The number of pyridine rings is 1. The van der Waals surface area contributed by atoms with Crippen LogP contribution in [-0.2, 0) is 13.2 Å². The molecule has 0 bridgehead atoms. The summed E-state index contributed by atoms with van der Waals surface area (Å²) in [5.41, 5.74) is 2.10. The van der Waals surface area contributed by atoms with Gasteiger partial charge >= 0.3 is 6.18 Å². The first kappa shape index (κ1) is 23.3. The number of carbonyl (C=O) groups excluding carboxylic acids is 1. The first-order valence-electron chi connectivity index (χ1n) is 11.1. The predicted octanol–water partition coefficient (Wildman–Crippen LogP) is 6.25. The molecule has 1 amide bonds. The maximum Gasteiger partial charge on any atom is 0.417 e. The Hall–Kier alpha value is -4.40. The third kappa shape index (κ3) is 4.35. The molecule has 0 atom stereocenters. The van der Waals surface area contributed by atoms with Crippen LogP contribution in [0.3, 0.4) is 0 Å². The summed E-state index contributed by atoms with van der Waals surface area (Å²) in [7, 11) is 1.62. The van der Waals surface area contributed by atoms with Gasteiger partial charge in [-0.15, -0.1) is 0 Å². The molecule has 5 aromatic rings. The Morgan fingerprint density at radius 2 is 1.78 bits per heavy atom. The fourth-order valence-electron chi connectivity index (χ4n) is 4.04. The lowest BCUT2D eigenvalue weighted by Gasteiger charge is -2.14. The average Bonchev–Trinajstić information content (AvgIpc) is 3.46. The molecule has 3 aromatic heterocycles. The fourth-order valence-corrected chi connectivity index (χ4v) is 4.04. The molecule has 0 aliphatic heterocycles. The molecule has 36 heavy (non-hydrogen) atoms. The van der Waals surface area contributed by atoms with Crippen LogP contribution in [0.2, 0.25) is 0 Å². The SMILES string of the molecule is C[CH]c1ccn2c(NC(=O)c3ccc(C(F)(F)F)c(-c4ccn(C)n4)c3)c(-c3ccccc3)nc2c1. The lowest BCUT2D eigenvalue weighted by Crippen LogP contribution is -2.16. The fraction of sp³-hybridized carbons (Fsp3) is 0.111. The molecule has 3 heterocycles. The van der Waals surface area contributed by atoms with E-state index in [9.17, 15) is 18.0 Å². The Morgan fingerprint density at radius 1 is 1.00 bits per heavy atom. The van der Waals surface area contributed by atoms with E-state index in [1.165, 1.54) is 22.9 Å². The molecule has 9 heteroatoms. The molecule has 0 aliphatic carbocycles. The molecular formula is C27H21F3N5O. The summed E-state index contributed by atoms with van der Waals surface area (Å²) < 4.78 is 44.3. The van der Waals surface area contributed by atoms with Crippen molar-refractivity contribution >= 4 is 17.4 Å². The standard InChI is InChI=1S/C27H21F3N5O/c1-3-17-11-14-35-23(15-17)31-24(18-7-5-4-6-8-18)25(35)32-26(36)19-9-10-21(27(28,29)30)20(16-19)22-12-13-34(2)33-22/h3-16H,1-2H3,(H,32,36). The highest BCUT2D eigenvalue weighted by Gasteiger charge is 2.34. The van der Waals surface area contributed by atoms with E-state index in [2.05, 4.69) is 10.4 Å². The van der Waals surface area contributed by atoms with Gasteiger partial charge in [0, 0.05) is 36.1 Å². The molecule has 1 radical (unpaired) electrons. The molecule has 0 spiro atoms. The second kappa shape index (κ2) is 8.99. The Balaban J connectivity index is 1.59. The summed E-state index contributed by atoms with van der Waals surface area (Å²) in [6, 6.07) is 17.9. The van der Waals surface area contributed by atoms with Crippen LogP contribution in [0.25, 0.3) is 28.2 Å². The normalized spacial score (nSPS) is 11.7. The van der Waals surface area contributed by atoms with Gasteiger partial charge in [-0.05, 0) is 48.4 Å². The second-order valence-corrected chi connectivity index (χ2v) is 8.24. The number of amides is 1. The van der Waals surface area contributed by atoms with E-state index < -0.39 is 17.6 Å². The van der Waals surface area contributed by atoms with Crippen LogP contribution in [0.1, 0.15) is 28.4 Å². The Labute approximate surface area is 205 Å². The predicted molar refractivity (Wildman–Crippen MR) is 131 cm³/mol. The number of hydrogen-bond donors (Lipinski definition) is 1. The highest BCUT2D eigenvalue weighted by atomic mass is 19.4. The minimum absolute atomic E-state index is 0.0659. The molecule has 5 rings (SSSR count). The smallest absolute Gasteiger partial charge is 0.306 e. The lowest BCUT2D eigenvalue weighted by atomic mass is 10.0. The molecule has 0 unspecified atom stereocenters. The number of carbonyl (C=O) groups is 1. The molecule has 181 valence electrons. The van der Waals surface area contributed by atoms with Crippen LogP contribution in [0.5, 0.6) is 0 Å². The van der Waals surface area contributed by atoms with Gasteiger partial charge in [-0.2, -0.15) is 18.3 Å². The summed E-state index contributed by atoms with van der Waals surface area (Å²) in [5, 5.41) is 6.98. The number of halogens is 3. The van der Waals surface area contributed by atoms with Gasteiger partial charge in [0.15, 0.2) is 0 Å². The number of hydrogen-bond acceptors (Lipinski definition) is 3. The number of anilines is 1. The van der Waals surface area contributed by atoms with Crippen LogP contribution in [0.4, 0.5) is 19.0 Å². The van der Waals surface area contributed by atoms with E-state index in [4.69, 9.17) is 4.98 Å². The van der Waals surface area contributed by atoms with E-state index >= 15 is 0 Å². The van der Waals surface area contributed by atoms with Crippen molar-refractivity contribution < 1.29 is 18.0 Å². The van der Waals surface area contributed by atoms with Gasteiger partial charge in [-0.25, -0.2) is 4.98 Å². The van der Waals surface area contributed by atoms with Crippen molar-refractivity contribution in [1.29, 1.82) is 0 Å². The van der Waals surface area contributed by atoms with Crippen molar-refractivity contribution in [3.63, 3.8) is 0 Å². The highest BCUT2D eigenvalue weighted by Crippen LogP contribution is 2.37. The molecule has 1 N–H and O–H groups in total.